The Kier molecular flexibility index (Phi) is 5.60. The highest BCUT2D eigenvalue weighted by Crippen LogP contribution is 2.37. The molecule has 2 aromatic carbocycles. The van der Waals surface area contributed by atoms with Gasteiger partial charge in [-0.2, -0.15) is 0 Å². The van der Waals surface area contributed by atoms with Gasteiger partial charge < -0.3 is 9.47 Å². The number of alkyl halides is 3. The van der Waals surface area contributed by atoms with Gasteiger partial charge in [-0.15, -0.1) is 13.2 Å². The highest BCUT2D eigenvalue weighted by molar-refractivity contribution is 7.92. The number of hydrogen-bond donors (Lipinski definition) is 1. The zero-order valence-corrected chi connectivity index (χ0v) is 14.7. The molecule has 0 heterocycles. The summed E-state index contributed by atoms with van der Waals surface area (Å²) in [5.41, 5.74) is 0.0116. The lowest BCUT2D eigenvalue weighted by Crippen LogP contribution is -2.17. The standard InChI is InChI=1S/C14H10Cl2F3NO4S/c1-23-10-6-7-11(13(16)12(10)15)25(21,22)20-8-2-4-9(5-3-8)24-14(17,18)19/h2-7,20H,1H3. The number of halogens is 5. The van der Waals surface area contributed by atoms with Crippen molar-refractivity contribution in [3.8, 4) is 11.5 Å². The van der Waals surface area contributed by atoms with Crippen molar-refractivity contribution in [3.63, 3.8) is 0 Å². The molecule has 0 unspecified atom stereocenters. The third-order valence-electron chi connectivity index (χ3n) is 2.86. The van der Waals surface area contributed by atoms with Crippen LogP contribution in [0.25, 0.3) is 0 Å². The van der Waals surface area contributed by atoms with E-state index in [0.29, 0.717) is 0 Å². The topological polar surface area (TPSA) is 64.6 Å². The maximum Gasteiger partial charge on any atom is 0.573 e. The number of hydrogen-bond acceptors (Lipinski definition) is 4. The number of ether oxygens (including phenoxy) is 2. The Balaban J connectivity index is 2.26. The number of rotatable bonds is 5. The molecule has 136 valence electrons. The van der Waals surface area contributed by atoms with Crippen molar-refractivity contribution in [3.05, 3.63) is 46.4 Å². The molecule has 2 rings (SSSR count). The van der Waals surface area contributed by atoms with Crippen molar-refractivity contribution >= 4 is 38.9 Å². The first kappa shape index (κ1) is 19.5. The molecule has 0 aliphatic heterocycles. The Hall–Kier alpha value is -1.84. The molecule has 11 heteroatoms. The zero-order valence-electron chi connectivity index (χ0n) is 12.4. The molecule has 25 heavy (non-hydrogen) atoms. The van der Waals surface area contributed by atoms with E-state index in [4.69, 9.17) is 27.9 Å². The number of nitrogens with one attached hydrogen (secondary N) is 1. The van der Waals surface area contributed by atoms with Crippen LogP contribution in [0.3, 0.4) is 0 Å². The summed E-state index contributed by atoms with van der Waals surface area (Å²) >= 11 is 11.9. The lowest BCUT2D eigenvalue weighted by molar-refractivity contribution is -0.274. The van der Waals surface area contributed by atoms with Gasteiger partial charge in [0.05, 0.1) is 12.1 Å². The summed E-state index contributed by atoms with van der Waals surface area (Å²) in [5, 5.41) is -0.327. The monoisotopic (exact) mass is 415 g/mol. The third-order valence-corrected chi connectivity index (χ3v) is 5.26. The minimum atomic E-state index is -4.84. The van der Waals surface area contributed by atoms with Crippen LogP contribution < -0.4 is 14.2 Å². The molecule has 0 aliphatic carbocycles. The maximum absolute atomic E-state index is 12.4. The van der Waals surface area contributed by atoms with Gasteiger partial charge in [0.2, 0.25) is 0 Å². The normalized spacial score (nSPS) is 11.9. The van der Waals surface area contributed by atoms with Gasteiger partial charge in [0, 0.05) is 5.69 Å². The van der Waals surface area contributed by atoms with E-state index in [1.165, 1.54) is 19.2 Å². The Morgan fingerprint density at radius 2 is 1.60 bits per heavy atom. The summed E-state index contributed by atoms with van der Waals surface area (Å²) in [5.74, 6) is -0.291. The average Bonchev–Trinajstić information content (AvgIpc) is 2.50. The number of sulfonamides is 1. The van der Waals surface area contributed by atoms with Crippen molar-refractivity contribution < 1.29 is 31.1 Å². The van der Waals surface area contributed by atoms with E-state index >= 15 is 0 Å². The molecule has 0 bridgehead atoms. The minimum absolute atomic E-state index is 0.0116. The van der Waals surface area contributed by atoms with E-state index < -0.39 is 22.1 Å². The second-order valence-electron chi connectivity index (χ2n) is 4.57. The molecular weight excluding hydrogens is 406 g/mol. The van der Waals surface area contributed by atoms with Crippen molar-refractivity contribution in [1.29, 1.82) is 0 Å². The third kappa shape index (κ3) is 4.83. The molecule has 0 atom stereocenters. The number of methoxy groups -OCH3 is 1. The minimum Gasteiger partial charge on any atom is -0.495 e. The highest BCUT2D eigenvalue weighted by atomic mass is 35.5. The van der Waals surface area contributed by atoms with E-state index in [1.54, 1.807) is 0 Å². The van der Waals surface area contributed by atoms with Gasteiger partial charge in [-0.3, -0.25) is 4.72 Å². The lowest BCUT2D eigenvalue weighted by atomic mass is 10.3. The van der Waals surface area contributed by atoms with E-state index in [1.807, 2.05) is 0 Å². The molecule has 0 amide bonds. The largest absolute Gasteiger partial charge is 0.573 e. The van der Waals surface area contributed by atoms with Gasteiger partial charge in [-0.25, -0.2) is 8.42 Å². The predicted octanol–water partition coefficient (Wildman–Crippen LogP) is 4.70. The Morgan fingerprint density at radius 3 is 2.12 bits per heavy atom. The van der Waals surface area contributed by atoms with Crippen LogP contribution in [0.4, 0.5) is 18.9 Å². The predicted molar refractivity (Wildman–Crippen MR) is 86.9 cm³/mol. The summed E-state index contributed by atoms with van der Waals surface area (Å²) < 4.78 is 71.9. The summed E-state index contributed by atoms with van der Waals surface area (Å²) in [7, 11) is -2.78. The van der Waals surface area contributed by atoms with E-state index in [2.05, 4.69) is 9.46 Å². The van der Waals surface area contributed by atoms with Crippen LogP contribution in [-0.4, -0.2) is 21.9 Å². The van der Waals surface area contributed by atoms with Gasteiger partial charge in [0.1, 0.15) is 21.4 Å². The van der Waals surface area contributed by atoms with Gasteiger partial charge >= 0.3 is 6.36 Å². The van der Waals surface area contributed by atoms with Crippen molar-refractivity contribution in [2.75, 3.05) is 11.8 Å². The maximum atomic E-state index is 12.4. The van der Waals surface area contributed by atoms with Crippen LogP contribution in [-0.2, 0) is 10.0 Å². The molecule has 1 N–H and O–H groups in total. The fourth-order valence-electron chi connectivity index (χ4n) is 1.81. The molecule has 5 nitrogen and oxygen atoms in total. The summed E-state index contributed by atoms with van der Waals surface area (Å²) in [6.45, 7) is 0. The number of anilines is 1. The van der Waals surface area contributed by atoms with Crippen molar-refractivity contribution in [2.45, 2.75) is 11.3 Å². The molecule has 0 spiro atoms. The fourth-order valence-corrected chi connectivity index (χ4v) is 3.71. The highest BCUT2D eigenvalue weighted by Gasteiger charge is 2.31. The average molecular weight is 416 g/mol. The molecule has 0 saturated heterocycles. The summed E-state index contributed by atoms with van der Waals surface area (Å²) in [4.78, 5) is -0.310. The van der Waals surface area contributed by atoms with Crippen molar-refractivity contribution in [2.24, 2.45) is 0 Å². The molecule has 0 saturated carbocycles. The molecule has 0 fully saturated rings. The molecule has 0 radical (unpaired) electrons. The first-order valence-corrected chi connectivity index (χ1v) is 8.68. The van der Waals surface area contributed by atoms with Crippen LogP contribution in [0.5, 0.6) is 11.5 Å². The van der Waals surface area contributed by atoms with E-state index in [-0.39, 0.29) is 26.4 Å². The van der Waals surface area contributed by atoms with Gasteiger partial charge in [-0.05, 0) is 36.4 Å². The van der Waals surface area contributed by atoms with Crippen LogP contribution >= 0.6 is 23.2 Å². The lowest BCUT2D eigenvalue weighted by Gasteiger charge is -2.13. The molecular formula is C14H10Cl2F3NO4S. The van der Waals surface area contributed by atoms with Crippen LogP contribution in [0.15, 0.2) is 41.3 Å². The molecule has 2 aromatic rings. The van der Waals surface area contributed by atoms with Crippen LogP contribution in [0.1, 0.15) is 0 Å². The fraction of sp³-hybridized carbons (Fsp3) is 0.143. The van der Waals surface area contributed by atoms with Gasteiger partial charge in [0.25, 0.3) is 10.0 Å². The first-order chi connectivity index (χ1) is 11.5. The molecule has 0 aromatic heterocycles. The van der Waals surface area contributed by atoms with Gasteiger partial charge in [-0.1, -0.05) is 23.2 Å². The Bertz CT molecular complexity index is 871. The van der Waals surface area contributed by atoms with Crippen LogP contribution in [0.2, 0.25) is 10.0 Å². The number of benzene rings is 2. The van der Waals surface area contributed by atoms with Crippen LogP contribution in [0, 0.1) is 0 Å². The second-order valence-corrected chi connectivity index (χ2v) is 6.98. The molecule has 0 aliphatic rings. The summed E-state index contributed by atoms with van der Waals surface area (Å²) in [6, 6.07) is 6.66. The zero-order chi connectivity index (χ0) is 18.8. The smallest absolute Gasteiger partial charge is 0.495 e. The van der Waals surface area contributed by atoms with E-state index in [0.717, 1.165) is 24.3 Å². The SMILES string of the molecule is COc1ccc(S(=O)(=O)Nc2ccc(OC(F)(F)F)cc2)c(Cl)c1Cl. The Morgan fingerprint density at radius 1 is 1.00 bits per heavy atom. The van der Waals surface area contributed by atoms with Crippen molar-refractivity contribution in [1.82, 2.24) is 0 Å². The quantitative estimate of drug-likeness (QED) is 0.768. The van der Waals surface area contributed by atoms with E-state index in [9.17, 15) is 21.6 Å². The summed E-state index contributed by atoms with van der Waals surface area (Å²) in [6.07, 6.45) is -4.84. The Labute approximate surface area is 151 Å². The second kappa shape index (κ2) is 7.19. The first-order valence-electron chi connectivity index (χ1n) is 6.44. The van der Waals surface area contributed by atoms with Gasteiger partial charge in [0.15, 0.2) is 0 Å².